The minimum atomic E-state index is -0.778. The minimum absolute atomic E-state index is 0.150. The fourth-order valence-electron chi connectivity index (χ4n) is 1.87. The van der Waals surface area contributed by atoms with E-state index < -0.39 is 5.97 Å². The molecule has 0 unspecified atom stereocenters. The van der Waals surface area contributed by atoms with Gasteiger partial charge in [-0.3, -0.25) is 9.78 Å². The van der Waals surface area contributed by atoms with Crippen LogP contribution in [0, 0.1) is 6.92 Å². The first-order valence-corrected chi connectivity index (χ1v) is 6.88. The van der Waals surface area contributed by atoms with Crippen LogP contribution in [0.25, 0.3) is 10.9 Å². The van der Waals surface area contributed by atoms with Crippen molar-refractivity contribution in [2.75, 3.05) is 12.9 Å². The molecule has 1 heterocycles. The van der Waals surface area contributed by atoms with Crippen molar-refractivity contribution in [1.82, 2.24) is 4.98 Å². The molecule has 0 fully saturated rings. The molecule has 0 radical (unpaired) electrons. The molecule has 2 rings (SSSR count). The number of carboxylic acid groups (broad SMARTS) is 1. The Balaban J connectivity index is 2.39. The quantitative estimate of drug-likeness (QED) is 0.851. The van der Waals surface area contributed by atoms with Crippen molar-refractivity contribution in [3.63, 3.8) is 0 Å². The molecule has 0 atom stereocenters. The lowest BCUT2D eigenvalue weighted by molar-refractivity contribution is -0.136. The maximum absolute atomic E-state index is 10.6. The first kappa shape index (κ1) is 13.7. The smallest absolute Gasteiger partial charge is 0.304 e. The summed E-state index contributed by atoms with van der Waals surface area (Å²) in [7, 11) is 1.63. The summed E-state index contributed by atoms with van der Waals surface area (Å²) in [5.74, 6) is 0.514. The lowest BCUT2D eigenvalue weighted by atomic mass is 10.1. The maximum atomic E-state index is 10.6. The summed E-state index contributed by atoms with van der Waals surface area (Å²) in [6.45, 7) is 2.00. The molecule has 1 aromatic heterocycles. The van der Waals surface area contributed by atoms with E-state index in [-0.39, 0.29) is 6.42 Å². The molecular formula is C14H15NO3S. The summed E-state index contributed by atoms with van der Waals surface area (Å²) in [4.78, 5) is 15.9. The highest BCUT2D eigenvalue weighted by Crippen LogP contribution is 2.32. The predicted molar refractivity (Wildman–Crippen MR) is 76.0 cm³/mol. The van der Waals surface area contributed by atoms with Crippen molar-refractivity contribution in [3.05, 3.63) is 30.0 Å². The monoisotopic (exact) mass is 277 g/mol. The Morgan fingerprint density at radius 2 is 2.26 bits per heavy atom. The number of thioether (sulfide) groups is 1. The standard InChI is InChI=1S/C14H15NO3S/c1-9-7-10-12(19-6-4-13(16)17)3-5-15-14(10)11(8-9)18-2/h3,5,7-8H,4,6H2,1-2H3,(H,16,17). The molecule has 4 nitrogen and oxygen atoms in total. The topological polar surface area (TPSA) is 59.4 Å². The number of carboxylic acids is 1. The van der Waals surface area contributed by atoms with E-state index in [0.29, 0.717) is 5.75 Å². The average molecular weight is 277 g/mol. The molecule has 0 saturated carbocycles. The second kappa shape index (κ2) is 5.93. The van der Waals surface area contributed by atoms with Crippen LogP contribution in [0.3, 0.4) is 0 Å². The van der Waals surface area contributed by atoms with Crippen molar-refractivity contribution in [2.24, 2.45) is 0 Å². The van der Waals surface area contributed by atoms with E-state index in [1.807, 2.05) is 25.1 Å². The van der Waals surface area contributed by atoms with Crippen LogP contribution >= 0.6 is 11.8 Å². The minimum Gasteiger partial charge on any atom is -0.494 e. The van der Waals surface area contributed by atoms with Crippen molar-refractivity contribution >= 4 is 28.6 Å². The molecule has 0 saturated heterocycles. The zero-order valence-corrected chi connectivity index (χ0v) is 11.7. The van der Waals surface area contributed by atoms with E-state index >= 15 is 0 Å². The zero-order valence-electron chi connectivity index (χ0n) is 10.8. The number of rotatable bonds is 5. The van der Waals surface area contributed by atoms with Gasteiger partial charge in [0.25, 0.3) is 0 Å². The van der Waals surface area contributed by atoms with E-state index in [0.717, 1.165) is 27.1 Å². The van der Waals surface area contributed by atoms with Crippen molar-refractivity contribution in [1.29, 1.82) is 0 Å². The molecule has 2 aromatic rings. The highest BCUT2D eigenvalue weighted by molar-refractivity contribution is 7.99. The number of aliphatic carboxylic acids is 1. The van der Waals surface area contributed by atoms with E-state index in [9.17, 15) is 4.79 Å². The second-order valence-electron chi connectivity index (χ2n) is 4.16. The van der Waals surface area contributed by atoms with Gasteiger partial charge in [-0.15, -0.1) is 11.8 Å². The van der Waals surface area contributed by atoms with E-state index in [2.05, 4.69) is 4.98 Å². The van der Waals surface area contributed by atoms with Crippen molar-refractivity contribution in [3.8, 4) is 5.75 Å². The van der Waals surface area contributed by atoms with Gasteiger partial charge in [0.2, 0.25) is 0 Å². The van der Waals surface area contributed by atoms with Gasteiger partial charge in [0, 0.05) is 22.2 Å². The van der Waals surface area contributed by atoms with E-state index in [1.165, 1.54) is 11.8 Å². The summed E-state index contributed by atoms with van der Waals surface area (Å²) in [5.41, 5.74) is 1.91. The van der Waals surface area contributed by atoms with Crippen LogP contribution in [-0.2, 0) is 4.79 Å². The normalized spacial score (nSPS) is 10.6. The Morgan fingerprint density at radius 3 is 2.95 bits per heavy atom. The number of fused-ring (bicyclic) bond motifs is 1. The van der Waals surface area contributed by atoms with Crippen LogP contribution in [-0.4, -0.2) is 28.9 Å². The number of pyridine rings is 1. The number of nitrogens with zero attached hydrogens (tertiary/aromatic N) is 1. The number of methoxy groups -OCH3 is 1. The Hall–Kier alpha value is -1.75. The summed E-state index contributed by atoms with van der Waals surface area (Å²) < 4.78 is 5.34. The summed E-state index contributed by atoms with van der Waals surface area (Å²) >= 11 is 1.53. The van der Waals surface area contributed by atoms with Gasteiger partial charge in [0.15, 0.2) is 0 Å². The fraction of sp³-hybridized carbons (Fsp3) is 0.286. The molecule has 1 aromatic carbocycles. The molecule has 1 N–H and O–H groups in total. The van der Waals surface area contributed by atoms with Gasteiger partial charge in [-0.25, -0.2) is 0 Å². The molecule has 100 valence electrons. The maximum Gasteiger partial charge on any atom is 0.304 e. The van der Waals surface area contributed by atoms with E-state index in [4.69, 9.17) is 9.84 Å². The highest BCUT2D eigenvalue weighted by atomic mass is 32.2. The third-order valence-electron chi connectivity index (χ3n) is 2.71. The zero-order chi connectivity index (χ0) is 13.8. The number of ether oxygens (including phenoxy) is 1. The highest BCUT2D eigenvalue weighted by Gasteiger charge is 2.09. The van der Waals surface area contributed by atoms with Crippen LogP contribution in [0.2, 0.25) is 0 Å². The molecule has 0 bridgehead atoms. The van der Waals surface area contributed by atoms with Gasteiger partial charge in [-0.05, 0) is 30.7 Å². The lowest BCUT2D eigenvalue weighted by Crippen LogP contribution is -1.96. The Kier molecular flexibility index (Phi) is 4.27. The summed E-state index contributed by atoms with van der Waals surface area (Å²) in [6, 6.07) is 5.91. The van der Waals surface area contributed by atoms with Gasteiger partial charge >= 0.3 is 5.97 Å². The van der Waals surface area contributed by atoms with Crippen LogP contribution in [0.4, 0.5) is 0 Å². The van der Waals surface area contributed by atoms with E-state index in [1.54, 1.807) is 13.3 Å². The number of aryl methyl sites for hydroxylation is 1. The molecular weight excluding hydrogens is 262 g/mol. The van der Waals surface area contributed by atoms with Gasteiger partial charge in [-0.2, -0.15) is 0 Å². The Morgan fingerprint density at radius 1 is 1.47 bits per heavy atom. The Labute approximate surface area is 115 Å². The van der Waals surface area contributed by atoms with Crippen molar-refractivity contribution in [2.45, 2.75) is 18.2 Å². The summed E-state index contributed by atoms with van der Waals surface area (Å²) in [5, 5.41) is 9.69. The van der Waals surface area contributed by atoms with Gasteiger partial charge in [0.05, 0.1) is 13.5 Å². The largest absolute Gasteiger partial charge is 0.494 e. The first-order chi connectivity index (χ1) is 9.11. The first-order valence-electron chi connectivity index (χ1n) is 5.89. The average Bonchev–Trinajstić information content (AvgIpc) is 2.38. The molecule has 19 heavy (non-hydrogen) atoms. The van der Waals surface area contributed by atoms with Gasteiger partial charge in [-0.1, -0.05) is 0 Å². The van der Waals surface area contributed by atoms with Crippen LogP contribution in [0.15, 0.2) is 29.3 Å². The van der Waals surface area contributed by atoms with Crippen LogP contribution < -0.4 is 4.74 Å². The number of aromatic nitrogens is 1. The van der Waals surface area contributed by atoms with Crippen LogP contribution in [0.1, 0.15) is 12.0 Å². The summed E-state index contributed by atoms with van der Waals surface area (Å²) in [6.07, 6.45) is 1.88. The molecule has 0 aliphatic carbocycles. The van der Waals surface area contributed by atoms with Crippen LogP contribution in [0.5, 0.6) is 5.75 Å². The third-order valence-corrected chi connectivity index (χ3v) is 3.78. The van der Waals surface area contributed by atoms with Crippen molar-refractivity contribution < 1.29 is 14.6 Å². The number of benzene rings is 1. The SMILES string of the molecule is COc1cc(C)cc2c(SCCC(=O)O)ccnc12. The molecule has 0 spiro atoms. The second-order valence-corrected chi connectivity index (χ2v) is 5.30. The van der Waals surface area contributed by atoms with Gasteiger partial charge < -0.3 is 9.84 Å². The third kappa shape index (κ3) is 3.17. The number of carbonyl (C=O) groups is 1. The molecule has 0 aliphatic rings. The number of hydrogen-bond donors (Lipinski definition) is 1. The fourth-order valence-corrected chi connectivity index (χ4v) is 2.83. The molecule has 0 amide bonds. The van der Waals surface area contributed by atoms with Gasteiger partial charge in [0.1, 0.15) is 11.3 Å². The number of hydrogen-bond acceptors (Lipinski definition) is 4. The Bertz CT molecular complexity index is 613. The molecule has 5 heteroatoms. The molecule has 0 aliphatic heterocycles. The lowest BCUT2D eigenvalue weighted by Gasteiger charge is -2.09. The predicted octanol–water partition coefficient (Wildman–Crippen LogP) is 3.12.